The highest BCUT2D eigenvalue weighted by molar-refractivity contribution is 5.82. The smallest absolute Gasteiger partial charge is 0.308 e. The number of hydrogen-bond acceptors (Lipinski definition) is 3. The number of carboxylic acids is 1. The average molecular weight is 271 g/mol. The second kappa shape index (κ2) is 7.48. The number of hydrogen-bond donors (Lipinski definition) is 2. The van der Waals surface area contributed by atoms with E-state index in [0.717, 1.165) is 25.7 Å². The monoisotopic (exact) mass is 271 g/mol. The van der Waals surface area contributed by atoms with Crippen LogP contribution in [0.2, 0.25) is 0 Å². The number of rotatable bonds is 7. The molecule has 1 amide bonds. The number of amides is 1. The van der Waals surface area contributed by atoms with Crippen molar-refractivity contribution in [3.63, 3.8) is 0 Å². The number of ether oxygens (including phenoxy) is 1. The summed E-state index contributed by atoms with van der Waals surface area (Å²) in [5.74, 6) is -1.71. The van der Waals surface area contributed by atoms with Gasteiger partial charge in [0, 0.05) is 6.04 Å². The Bertz CT molecular complexity index is 313. The Morgan fingerprint density at radius 1 is 1.32 bits per heavy atom. The molecule has 0 bridgehead atoms. The molecule has 0 aromatic rings. The van der Waals surface area contributed by atoms with Crippen LogP contribution < -0.4 is 5.32 Å². The Labute approximate surface area is 114 Å². The molecule has 0 aromatic carbocycles. The molecular weight excluding hydrogens is 246 g/mol. The zero-order valence-electron chi connectivity index (χ0n) is 12.0. The van der Waals surface area contributed by atoms with E-state index in [1.165, 1.54) is 0 Å². The van der Waals surface area contributed by atoms with Crippen LogP contribution in [0.5, 0.6) is 0 Å². The van der Waals surface area contributed by atoms with Crippen LogP contribution in [-0.2, 0) is 14.3 Å². The van der Waals surface area contributed by atoms with Crippen LogP contribution in [0.15, 0.2) is 0 Å². The van der Waals surface area contributed by atoms with Crippen LogP contribution in [0.3, 0.4) is 0 Å². The quantitative estimate of drug-likeness (QED) is 0.742. The van der Waals surface area contributed by atoms with Crippen molar-refractivity contribution in [3.8, 4) is 0 Å². The van der Waals surface area contributed by atoms with Crippen molar-refractivity contribution >= 4 is 11.9 Å². The molecule has 1 aliphatic carbocycles. The van der Waals surface area contributed by atoms with Gasteiger partial charge in [-0.05, 0) is 33.1 Å². The van der Waals surface area contributed by atoms with Crippen LogP contribution in [-0.4, -0.2) is 35.2 Å². The third-order valence-electron chi connectivity index (χ3n) is 3.83. The maximum absolute atomic E-state index is 12.1. The molecule has 110 valence electrons. The molecule has 0 aliphatic heterocycles. The summed E-state index contributed by atoms with van der Waals surface area (Å²) in [4.78, 5) is 22.9. The Kier molecular flexibility index (Phi) is 6.28. The minimum atomic E-state index is -0.905. The van der Waals surface area contributed by atoms with Crippen LogP contribution in [0, 0.1) is 5.92 Å². The lowest BCUT2D eigenvalue weighted by Crippen LogP contribution is -2.46. The van der Waals surface area contributed by atoms with E-state index < -0.39 is 24.0 Å². The minimum Gasteiger partial charge on any atom is -0.481 e. The molecule has 5 nitrogen and oxygen atoms in total. The molecule has 1 rings (SSSR count). The summed E-state index contributed by atoms with van der Waals surface area (Å²) in [6.45, 7) is 5.20. The first-order valence-corrected chi connectivity index (χ1v) is 7.14. The second-order valence-electron chi connectivity index (χ2n) is 5.36. The summed E-state index contributed by atoms with van der Waals surface area (Å²) in [5, 5.41) is 11.6. The molecule has 0 saturated heterocycles. The summed E-state index contributed by atoms with van der Waals surface area (Å²) in [6.07, 6.45) is 4.69. The van der Waals surface area contributed by atoms with Gasteiger partial charge in [0.1, 0.15) is 6.10 Å². The van der Waals surface area contributed by atoms with Gasteiger partial charge in [0.25, 0.3) is 0 Å². The molecule has 1 fully saturated rings. The Balaban J connectivity index is 2.46. The summed E-state index contributed by atoms with van der Waals surface area (Å²) >= 11 is 0. The second-order valence-corrected chi connectivity index (χ2v) is 5.36. The fourth-order valence-electron chi connectivity index (χ4n) is 2.26. The van der Waals surface area contributed by atoms with Gasteiger partial charge in [-0.3, -0.25) is 9.59 Å². The number of aliphatic carboxylic acids is 1. The first kappa shape index (κ1) is 16.0. The highest BCUT2D eigenvalue weighted by atomic mass is 16.5. The number of carbonyl (C=O) groups excluding carboxylic acids is 1. The minimum absolute atomic E-state index is 0.183. The number of carbonyl (C=O) groups is 2. The SMILES string of the molecule is CCC(OC1CCCC1)C(=O)NC(C)C(C)C(=O)O. The van der Waals surface area contributed by atoms with Crippen LogP contribution in [0.25, 0.3) is 0 Å². The van der Waals surface area contributed by atoms with Crippen molar-refractivity contribution in [1.82, 2.24) is 5.32 Å². The van der Waals surface area contributed by atoms with E-state index in [2.05, 4.69) is 5.32 Å². The topological polar surface area (TPSA) is 75.6 Å². The van der Waals surface area contributed by atoms with Gasteiger partial charge in [-0.1, -0.05) is 19.8 Å². The maximum atomic E-state index is 12.1. The molecule has 0 radical (unpaired) electrons. The van der Waals surface area contributed by atoms with Gasteiger partial charge in [0.15, 0.2) is 0 Å². The predicted octanol–water partition coefficient (Wildman–Crippen LogP) is 1.95. The van der Waals surface area contributed by atoms with Crippen LogP contribution >= 0.6 is 0 Å². The highest BCUT2D eigenvalue weighted by Gasteiger charge is 2.27. The van der Waals surface area contributed by atoms with Gasteiger partial charge in [0.2, 0.25) is 5.91 Å². The standard InChI is InChI=1S/C14H25NO4/c1-4-12(19-11-7-5-6-8-11)13(16)15-10(3)9(2)14(17)18/h9-12H,4-8H2,1-3H3,(H,15,16)(H,17,18). The zero-order valence-corrected chi connectivity index (χ0v) is 12.0. The van der Waals surface area contributed by atoms with Crippen molar-refractivity contribution < 1.29 is 19.4 Å². The van der Waals surface area contributed by atoms with E-state index in [0.29, 0.717) is 6.42 Å². The van der Waals surface area contributed by atoms with E-state index in [-0.39, 0.29) is 12.0 Å². The summed E-state index contributed by atoms with van der Waals surface area (Å²) in [5.41, 5.74) is 0. The third kappa shape index (κ3) is 4.82. The lowest BCUT2D eigenvalue weighted by atomic mass is 10.0. The first-order valence-electron chi connectivity index (χ1n) is 7.14. The lowest BCUT2D eigenvalue weighted by molar-refractivity contribution is -0.143. The average Bonchev–Trinajstić information content (AvgIpc) is 2.87. The molecule has 2 N–H and O–H groups in total. The molecular formula is C14H25NO4. The van der Waals surface area contributed by atoms with Crippen molar-refractivity contribution in [1.29, 1.82) is 0 Å². The molecule has 0 spiro atoms. The molecule has 19 heavy (non-hydrogen) atoms. The Hall–Kier alpha value is -1.10. The number of carboxylic acid groups (broad SMARTS) is 1. The van der Waals surface area contributed by atoms with Gasteiger partial charge in [-0.2, -0.15) is 0 Å². The number of nitrogens with one attached hydrogen (secondary N) is 1. The van der Waals surface area contributed by atoms with Gasteiger partial charge in [-0.25, -0.2) is 0 Å². The fourth-order valence-corrected chi connectivity index (χ4v) is 2.26. The largest absolute Gasteiger partial charge is 0.481 e. The Morgan fingerprint density at radius 3 is 2.37 bits per heavy atom. The van der Waals surface area contributed by atoms with Crippen molar-refractivity contribution in [3.05, 3.63) is 0 Å². The van der Waals surface area contributed by atoms with Crippen molar-refractivity contribution in [2.45, 2.75) is 71.1 Å². The zero-order chi connectivity index (χ0) is 14.4. The van der Waals surface area contributed by atoms with Gasteiger partial charge in [0.05, 0.1) is 12.0 Å². The fraction of sp³-hybridized carbons (Fsp3) is 0.857. The molecule has 3 unspecified atom stereocenters. The van der Waals surface area contributed by atoms with E-state index >= 15 is 0 Å². The summed E-state index contributed by atoms with van der Waals surface area (Å²) < 4.78 is 5.80. The summed E-state index contributed by atoms with van der Waals surface area (Å²) in [7, 11) is 0. The summed E-state index contributed by atoms with van der Waals surface area (Å²) in [6, 6.07) is -0.397. The van der Waals surface area contributed by atoms with Crippen molar-refractivity contribution in [2.24, 2.45) is 5.92 Å². The molecule has 0 aromatic heterocycles. The van der Waals surface area contributed by atoms with Gasteiger partial charge < -0.3 is 15.2 Å². The normalized spacial score (nSPS) is 20.8. The molecule has 1 saturated carbocycles. The molecule has 1 aliphatic rings. The lowest BCUT2D eigenvalue weighted by Gasteiger charge is -2.24. The molecule has 3 atom stereocenters. The Morgan fingerprint density at radius 2 is 1.89 bits per heavy atom. The predicted molar refractivity (Wildman–Crippen MR) is 71.8 cm³/mol. The first-order chi connectivity index (χ1) is 8.95. The van der Waals surface area contributed by atoms with E-state index in [4.69, 9.17) is 9.84 Å². The van der Waals surface area contributed by atoms with Crippen LogP contribution in [0.1, 0.15) is 52.9 Å². The molecule has 0 heterocycles. The maximum Gasteiger partial charge on any atom is 0.308 e. The third-order valence-corrected chi connectivity index (χ3v) is 3.83. The molecule has 5 heteroatoms. The van der Waals surface area contributed by atoms with E-state index in [9.17, 15) is 9.59 Å². The van der Waals surface area contributed by atoms with E-state index in [1.807, 2.05) is 6.92 Å². The van der Waals surface area contributed by atoms with Crippen molar-refractivity contribution in [2.75, 3.05) is 0 Å². The highest BCUT2D eigenvalue weighted by Crippen LogP contribution is 2.23. The van der Waals surface area contributed by atoms with Gasteiger partial charge in [-0.15, -0.1) is 0 Å². The van der Waals surface area contributed by atoms with E-state index in [1.54, 1.807) is 13.8 Å². The van der Waals surface area contributed by atoms with Gasteiger partial charge >= 0.3 is 5.97 Å². The van der Waals surface area contributed by atoms with Crippen LogP contribution in [0.4, 0.5) is 0 Å².